The Labute approximate surface area is 83.4 Å². The van der Waals surface area contributed by atoms with Gasteiger partial charge in [0.25, 0.3) is 0 Å². The van der Waals surface area contributed by atoms with E-state index >= 15 is 0 Å². The van der Waals surface area contributed by atoms with Crippen molar-refractivity contribution in [2.45, 2.75) is 38.3 Å². The molecule has 0 aromatic rings. The van der Waals surface area contributed by atoms with Crippen molar-refractivity contribution in [2.24, 2.45) is 11.5 Å². The van der Waals surface area contributed by atoms with Gasteiger partial charge in [-0.15, -0.1) is 0 Å². The van der Waals surface area contributed by atoms with Crippen molar-refractivity contribution < 1.29 is 9.59 Å². The fourth-order valence-corrected chi connectivity index (χ4v) is 1.78. The molecule has 1 heterocycles. The number of hydrogen-bond acceptors (Lipinski definition) is 3. The van der Waals surface area contributed by atoms with Crippen molar-refractivity contribution in [3.8, 4) is 0 Å². The minimum atomic E-state index is -0.770. The molecule has 0 spiro atoms. The van der Waals surface area contributed by atoms with E-state index in [2.05, 4.69) is 0 Å². The first kappa shape index (κ1) is 11.0. The Kier molecular flexibility index (Phi) is 3.46. The Morgan fingerprint density at radius 1 is 1.57 bits per heavy atom. The summed E-state index contributed by atoms with van der Waals surface area (Å²) < 4.78 is 0. The number of carbonyl (C=O) groups excluding carboxylic acids is 2. The fraction of sp³-hybridized carbons (Fsp3) is 0.778. The van der Waals surface area contributed by atoms with Gasteiger partial charge in [0.15, 0.2) is 0 Å². The molecular weight excluding hydrogens is 182 g/mol. The van der Waals surface area contributed by atoms with E-state index in [-0.39, 0.29) is 18.4 Å². The van der Waals surface area contributed by atoms with E-state index in [1.165, 1.54) is 0 Å². The molecule has 4 N–H and O–H groups in total. The van der Waals surface area contributed by atoms with Crippen molar-refractivity contribution in [2.75, 3.05) is 6.54 Å². The molecule has 80 valence electrons. The highest BCUT2D eigenvalue weighted by Gasteiger charge is 2.29. The van der Waals surface area contributed by atoms with Crippen LogP contribution < -0.4 is 11.5 Å². The average molecular weight is 199 g/mol. The van der Waals surface area contributed by atoms with Crippen molar-refractivity contribution >= 4 is 11.8 Å². The topological polar surface area (TPSA) is 89.4 Å². The summed E-state index contributed by atoms with van der Waals surface area (Å²) in [5.41, 5.74) is 10.5. The second kappa shape index (κ2) is 4.41. The SMILES string of the molecule is CC1CCCN1C(=O)C(N)CC(N)=O. The van der Waals surface area contributed by atoms with Gasteiger partial charge in [-0.2, -0.15) is 0 Å². The monoisotopic (exact) mass is 199 g/mol. The number of nitrogens with zero attached hydrogens (tertiary/aromatic N) is 1. The van der Waals surface area contributed by atoms with E-state index in [1.807, 2.05) is 6.92 Å². The fourth-order valence-electron chi connectivity index (χ4n) is 1.78. The number of likely N-dealkylation sites (tertiary alicyclic amines) is 1. The summed E-state index contributed by atoms with van der Waals surface area (Å²) in [6, 6.07) is -0.533. The minimum absolute atomic E-state index is 0.0674. The standard InChI is InChI=1S/C9H17N3O2/c1-6-3-2-4-12(6)9(14)7(10)5-8(11)13/h6-7H,2-5,10H2,1H3,(H2,11,13). The van der Waals surface area contributed by atoms with Gasteiger partial charge in [-0.3, -0.25) is 9.59 Å². The lowest BCUT2D eigenvalue weighted by atomic mass is 10.1. The molecule has 0 aromatic carbocycles. The lowest BCUT2D eigenvalue weighted by molar-refractivity contribution is -0.135. The number of carbonyl (C=O) groups is 2. The minimum Gasteiger partial charge on any atom is -0.370 e. The Morgan fingerprint density at radius 2 is 2.21 bits per heavy atom. The van der Waals surface area contributed by atoms with Crippen LogP contribution in [-0.2, 0) is 9.59 Å². The average Bonchev–Trinajstić information content (AvgIpc) is 2.48. The van der Waals surface area contributed by atoms with Gasteiger partial charge in [-0.25, -0.2) is 0 Å². The molecule has 0 aliphatic carbocycles. The van der Waals surface area contributed by atoms with Crippen molar-refractivity contribution in [3.63, 3.8) is 0 Å². The van der Waals surface area contributed by atoms with Gasteiger partial charge in [0.2, 0.25) is 11.8 Å². The highest BCUT2D eigenvalue weighted by Crippen LogP contribution is 2.17. The van der Waals surface area contributed by atoms with Crippen LogP contribution in [0, 0.1) is 0 Å². The predicted octanol–water partition coefficient (Wildman–Crippen LogP) is -0.800. The largest absolute Gasteiger partial charge is 0.370 e. The highest BCUT2D eigenvalue weighted by molar-refractivity contribution is 5.87. The number of nitrogens with two attached hydrogens (primary N) is 2. The summed E-state index contributed by atoms with van der Waals surface area (Å²) in [6.45, 7) is 2.73. The van der Waals surface area contributed by atoms with Crippen LogP contribution in [0.15, 0.2) is 0 Å². The van der Waals surface area contributed by atoms with Gasteiger partial charge in [-0.1, -0.05) is 0 Å². The highest BCUT2D eigenvalue weighted by atomic mass is 16.2. The molecule has 1 saturated heterocycles. The maximum Gasteiger partial charge on any atom is 0.240 e. The quantitative estimate of drug-likeness (QED) is 0.623. The van der Waals surface area contributed by atoms with E-state index in [4.69, 9.17) is 11.5 Å². The molecule has 5 nitrogen and oxygen atoms in total. The number of amides is 2. The van der Waals surface area contributed by atoms with Gasteiger partial charge in [0, 0.05) is 12.6 Å². The third-order valence-electron chi connectivity index (χ3n) is 2.57. The van der Waals surface area contributed by atoms with Crippen LogP contribution in [0.3, 0.4) is 0 Å². The predicted molar refractivity (Wildman–Crippen MR) is 52.2 cm³/mol. The van der Waals surface area contributed by atoms with Crippen LogP contribution in [0.2, 0.25) is 0 Å². The zero-order valence-electron chi connectivity index (χ0n) is 8.40. The van der Waals surface area contributed by atoms with Crippen LogP contribution in [0.25, 0.3) is 0 Å². The van der Waals surface area contributed by atoms with E-state index in [9.17, 15) is 9.59 Å². The van der Waals surface area contributed by atoms with Gasteiger partial charge < -0.3 is 16.4 Å². The molecule has 1 aliphatic rings. The van der Waals surface area contributed by atoms with Crippen molar-refractivity contribution in [1.82, 2.24) is 4.90 Å². The van der Waals surface area contributed by atoms with Crippen LogP contribution in [0.4, 0.5) is 0 Å². The molecule has 2 unspecified atom stereocenters. The second-order valence-electron chi connectivity index (χ2n) is 3.80. The van der Waals surface area contributed by atoms with Crippen molar-refractivity contribution in [1.29, 1.82) is 0 Å². The van der Waals surface area contributed by atoms with E-state index in [0.717, 1.165) is 19.4 Å². The zero-order chi connectivity index (χ0) is 10.7. The Balaban J connectivity index is 2.51. The van der Waals surface area contributed by atoms with Gasteiger partial charge in [0.1, 0.15) is 0 Å². The van der Waals surface area contributed by atoms with Crippen LogP contribution in [-0.4, -0.2) is 35.3 Å². The normalized spacial score (nSPS) is 23.6. The third-order valence-corrected chi connectivity index (χ3v) is 2.57. The molecule has 0 bridgehead atoms. The molecule has 0 aromatic heterocycles. The summed E-state index contributed by atoms with van der Waals surface area (Å²) in [7, 11) is 0. The Hall–Kier alpha value is -1.10. The van der Waals surface area contributed by atoms with Gasteiger partial charge in [-0.05, 0) is 19.8 Å². The Morgan fingerprint density at radius 3 is 2.64 bits per heavy atom. The van der Waals surface area contributed by atoms with E-state index in [1.54, 1.807) is 4.90 Å². The summed E-state index contributed by atoms with van der Waals surface area (Å²) in [5, 5.41) is 0. The molecule has 5 heteroatoms. The molecule has 0 radical (unpaired) electrons. The van der Waals surface area contributed by atoms with Gasteiger partial charge in [0.05, 0.1) is 12.5 Å². The van der Waals surface area contributed by atoms with Crippen molar-refractivity contribution in [3.05, 3.63) is 0 Å². The third kappa shape index (κ3) is 2.45. The van der Waals surface area contributed by atoms with Gasteiger partial charge >= 0.3 is 0 Å². The molecule has 1 aliphatic heterocycles. The first-order valence-corrected chi connectivity index (χ1v) is 4.86. The Bertz CT molecular complexity index is 242. The summed E-state index contributed by atoms with van der Waals surface area (Å²) >= 11 is 0. The zero-order valence-corrected chi connectivity index (χ0v) is 8.40. The van der Waals surface area contributed by atoms with E-state index in [0.29, 0.717) is 0 Å². The summed E-state index contributed by atoms with van der Waals surface area (Å²) in [6.07, 6.45) is 1.95. The molecule has 0 saturated carbocycles. The smallest absolute Gasteiger partial charge is 0.240 e. The van der Waals surface area contributed by atoms with E-state index < -0.39 is 11.9 Å². The summed E-state index contributed by atoms with van der Waals surface area (Å²) in [5.74, 6) is -0.688. The number of primary amides is 1. The molecule has 14 heavy (non-hydrogen) atoms. The van der Waals surface area contributed by atoms with Crippen LogP contribution in [0.1, 0.15) is 26.2 Å². The lowest BCUT2D eigenvalue weighted by Crippen LogP contribution is -2.46. The first-order chi connectivity index (χ1) is 6.52. The number of hydrogen-bond donors (Lipinski definition) is 2. The second-order valence-corrected chi connectivity index (χ2v) is 3.80. The number of rotatable bonds is 3. The molecule has 1 fully saturated rings. The molecule has 1 rings (SSSR count). The maximum atomic E-state index is 11.7. The molecule has 2 atom stereocenters. The lowest BCUT2D eigenvalue weighted by Gasteiger charge is -2.24. The molecule has 2 amide bonds. The maximum absolute atomic E-state index is 11.7. The first-order valence-electron chi connectivity index (χ1n) is 4.86. The summed E-state index contributed by atoms with van der Waals surface area (Å²) in [4.78, 5) is 24.0. The van der Waals surface area contributed by atoms with Crippen LogP contribution in [0.5, 0.6) is 0 Å². The molecular formula is C9H17N3O2. The van der Waals surface area contributed by atoms with Crippen LogP contribution >= 0.6 is 0 Å².